The summed E-state index contributed by atoms with van der Waals surface area (Å²) in [6.45, 7) is 10.6. The van der Waals surface area contributed by atoms with Crippen LogP contribution in [0.15, 0.2) is 6.33 Å². The largest absolute Gasteiger partial charge is 0.311 e. The standard InChI is InChI=1S/C12H23N5/c1-4-11-6-13-10(3)7-16(11)8-12-14-9-15-17(12)5-2/h9-11,13H,4-8H2,1-3H3. The zero-order valence-corrected chi connectivity index (χ0v) is 11.1. The lowest BCUT2D eigenvalue weighted by Crippen LogP contribution is -2.54. The molecular formula is C12H23N5. The molecule has 2 atom stereocenters. The maximum Gasteiger partial charge on any atom is 0.141 e. The number of rotatable bonds is 4. The lowest BCUT2D eigenvalue weighted by atomic mass is 10.1. The zero-order valence-electron chi connectivity index (χ0n) is 11.1. The Morgan fingerprint density at radius 2 is 2.29 bits per heavy atom. The van der Waals surface area contributed by atoms with Crippen LogP contribution in [0.3, 0.4) is 0 Å². The Morgan fingerprint density at radius 3 is 3.00 bits per heavy atom. The SMILES string of the molecule is CCC1CNC(C)CN1Cc1ncnn1CC. The van der Waals surface area contributed by atoms with Crippen molar-refractivity contribution in [3.8, 4) is 0 Å². The predicted molar refractivity (Wildman–Crippen MR) is 67.6 cm³/mol. The minimum atomic E-state index is 0.566. The molecule has 2 heterocycles. The van der Waals surface area contributed by atoms with E-state index < -0.39 is 0 Å². The third kappa shape index (κ3) is 2.84. The summed E-state index contributed by atoms with van der Waals surface area (Å²) in [6, 6.07) is 1.18. The molecule has 5 heteroatoms. The molecule has 2 rings (SSSR count). The van der Waals surface area contributed by atoms with E-state index in [0.717, 1.165) is 32.0 Å². The van der Waals surface area contributed by atoms with Gasteiger partial charge in [0.15, 0.2) is 0 Å². The number of aromatic nitrogens is 3. The first-order valence-electron chi connectivity index (χ1n) is 6.58. The summed E-state index contributed by atoms with van der Waals surface area (Å²) in [5, 5.41) is 7.77. The van der Waals surface area contributed by atoms with Gasteiger partial charge in [0, 0.05) is 31.7 Å². The van der Waals surface area contributed by atoms with Crippen molar-refractivity contribution >= 4 is 0 Å². The maximum absolute atomic E-state index is 4.36. The quantitative estimate of drug-likeness (QED) is 0.844. The van der Waals surface area contributed by atoms with Crippen LogP contribution in [-0.2, 0) is 13.1 Å². The van der Waals surface area contributed by atoms with Crippen molar-refractivity contribution in [1.29, 1.82) is 0 Å². The molecule has 1 aromatic rings. The lowest BCUT2D eigenvalue weighted by molar-refractivity contribution is 0.119. The minimum Gasteiger partial charge on any atom is -0.311 e. The molecule has 0 bridgehead atoms. The average Bonchev–Trinajstić information content (AvgIpc) is 2.77. The Kier molecular flexibility index (Phi) is 4.12. The van der Waals surface area contributed by atoms with Crippen molar-refractivity contribution in [2.24, 2.45) is 0 Å². The molecule has 0 aromatic carbocycles. The number of hydrogen-bond donors (Lipinski definition) is 1. The van der Waals surface area contributed by atoms with E-state index in [4.69, 9.17) is 0 Å². The van der Waals surface area contributed by atoms with Crippen molar-refractivity contribution in [3.63, 3.8) is 0 Å². The van der Waals surface area contributed by atoms with Crippen LogP contribution < -0.4 is 5.32 Å². The molecule has 1 aliphatic heterocycles. The average molecular weight is 237 g/mol. The van der Waals surface area contributed by atoms with Crippen LogP contribution in [0.5, 0.6) is 0 Å². The van der Waals surface area contributed by atoms with E-state index in [1.165, 1.54) is 6.42 Å². The molecule has 1 aliphatic rings. The molecule has 1 fully saturated rings. The monoisotopic (exact) mass is 237 g/mol. The Morgan fingerprint density at radius 1 is 1.47 bits per heavy atom. The molecule has 1 aromatic heterocycles. The van der Waals surface area contributed by atoms with Gasteiger partial charge in [0.25, 0.3) is 0 Å². The fourth-order valence-electron chi connectivity index (χ4n) is 2.48. The molecule has 2 unspecified atom stereocenters. The second kappa shape index (κ2) is 5.60. The van der Waals surface area contributed by atoms with Gasteiger partial charge in [-0.1, -0.05) is 6.92 Å². The first-order chi connectivity index (χ1) is 8.24. The summed E-state index contributed by atoms with van der Waals surface area (Å²) in [6.07, 6.45) is 2.84. The van der Waals surface area contributed by atoms with Crippen LogP contribution >= 0.6 is 0 Å². The molecule has 0 amide bonds. The Hall–Kier alpha value is -0.940. The van der Waals surface area contributed by atoms with E-state index in [9.17, 15) is 0 Å². The Labute approximate surface area is 103 Å². The first-order valence-corrected chi connectivity index (χ1v) is 6.58. The minimum absolute atomic E-state index is 0.566. The van der Waals surface area contributed by atoms with E-state index in [1.807, 2.05) is 4.68 Å². The highest BCUT2D eigenvalue weighted by Gasteiger charge is 2.25. The number of piperazine rings is 1. The second-order valence-corrected chi connectivity index (χ2v) is 4.79. The number of aryl methyl sites for hydroxylation is 1. The third-order valence-corrected chi connectivity index (χ3v) is 3.54. The highest BCUT2D eigenvalue weighted by Crippen LogP contribution is 2.13. The van der Waals surface area contributed by atoms with E-state index in [0.29, 0.717) is 12.1 Å². The Bertz CT molecular complexity index is 348. The Balaban J connectivity index is 2.05. The molecule has 1 saturated heterocycles. The molecule has 0 spiro atoms. The van der Waals surface area contributed by atoms with Gasteiger partial charge in [0.2, 0.25) is 0 Å². The van der Waals surface area contributed by atoms with Crippen molar-refractivity contribution in [1.82, 2.24) is 25.0 Å². The summed E-state index contributed by atoms with van der Waals surface area (Å²) in [5.74, 6) is 1.08. The van der Waals surface area contributed by atoms with Crippen LogP contribution in [0.2, 0.25) is 0 Å². The third-order valence-electron chi connectivity index (χ3n) is 3.54. The number of nitrogens with one attached hydrogen (secondary N) is 1. The van der Waals surface area contributed by atoms with Gasteiger partial charge in [-0.2, -0.15) is 5.10 Å². The fraction of sp³-hybridized carbons (Fsp3) is 0.833. The van der Waals surface area contributed by atoms with Gasteiger partial charge in [0.1, 0.15) is 12.2 Å². The van der Waals surface area contributed by atoms with Gasteiger partial charge < -0.3 is 5.32 Å². The predicted octanol–water partition coefficient (Wildman–Crippen LogP) is 0.870. The van der Waals surface area contributed by atoms with Crippen LogP contribution in [-0.4, -0.2) is 44.8 Å². The molecule has 0 saturated carbocycles. The molecular weight excluding hydrogens is 214 g/mol. The van der Waals surface area contributed by atoms with Crippen molar-refractivity contribution in [2.75, 3.05) is 13.1 Å². The summed E-state index contributed by atoms with van der Waals surface area (Å²) < 4.78 is 1.99. The molecule has 17 heavy (non-hydrogen) atoms. The molecule has 1 N–H and O–H groups in total. The van der Waals surface area contributed by atoms with Gasteiger partial charge in [0.05, 0.1) is 6.54 Å². The lowest BCUT2D eigenvalue weighted by Gasteiger charge is -2.38. The van der Waals surface area contributed by atoms with Crippen molar-refractivity contribution in [3.05, 3.63) is 12.2 Å². The van der Waals surface area contributed by atoms with Gasteiger partial charge >= 0.3 is 0 Å². The van der Waals surface area contributed by atoms with E-state index in [-0.39, 0.29) is 0 Å². The topological polar surface area (TPSA) is 46.0 Å². The molecule has 96 valence electrons. The van der Waals surface area contributed by atoms with E-state index >= 15 is 0 Å². The summed E-state index contributed by atoms with van der Waals surface area (Å²) in [4.78, 5) is 6.89. The van der Waals surface area contributed by atoms with Crippen molar-refractivity contribution < 1.29 is 0 Å². The number of nitrogens with zero attached hydrogens (tertiary/aromatic N) is 4. The van der Waals surface area contributed by atoms with Crippen LogP contribution in [0, 0.1) is 0 Å². The number of hydrogen-bond acceptors (Lipinski definition) is 4. The summed E-state index contributed by atoms with van der Waals surface area (Å²) in [7, 11) is 0. The van der Waals surface area contributed by atoms with Crippen LogP contribution in [0.25, 0.3) is 0 Å². The summed E-state index contributed by atoms with van der Waals surface area (Å²) in [5.41, 5.74) is 0. The first kappa shape index (κ1) is 12.5. The zero-order chi connectivity index (χ0) is 12.3. The molecule has 0 aliphatic carbocycles. The van der Waals surface area contributed by atoms with Gasteiger partial charge in [-0.3, -0.25) is 4.90 Å². The molecule has 0 radical (unpaired) electrons. The smallest absolute Gasteiger partial charge is 0.141 e. The normalized spacial score (nSPS) is 26.3. The summed E-state index contributed by atoms with van der Waals surface area (Å²) >= 11 is 0. The maximum atomic E-state index is 4.36. The highest BCUT2D eigenvalue weighted by atomic mass is 15.4. The van der Waals surface area contributed by atoms with Gasteiger partial charge in [-0.15, -0.1) is 0 Å². The highest BCUT2D eigenvalue weighted by molar-refractivity contribution is 4.90. The van der Waals surface area contributed by atoms with E-state index in [1.54, 1.807) is 6.33 Å². The van der Waals surface area contributed by atoms with Crippen LogP contribution in [0.4, 0.5) is 0 Å². The van der Waals surface area contributed by atoms with Crippen molar-refractivity contribution in [2.45, 2.75) is 52.4 Å². The second-order valence-electron chi connectivity index (χ2n) is 4.79. The van der Waals surface area contributed by atoms with Crippen LogP contribution in [0.1, 0.15) is 33.0 Å². The fourth-order valence-corrected chi connectivity index (χ4v) is 2.48. The molecule has 5 nitrogen and oxygen atoms in total. The van der Waals surface area contributed by atoms with E-state index in [2.05, 4.69) is 41.1 Å². The van der Waals surface area contributed by atoms with Gasteiger partial charge in [-0.05, 0) is 20.3 Å². The van der Waals surface area contributed by atoms with Gasteiger partial charge in [-0.25, -0.2) is 9.67 Å².